The number of hydrogen-bond donors (Lipinski definition) is 1. The van der Waals surface area contributed by atoms with Crippen molar-refractivity contribution in [2.45, 2.75) is 42.9 Å². The van der Waals surface area contributed by atoms with E-state index in [0.717, 1.165) is 6.42 Å². The highest BCUT2D eigenvalue weighted by molar-refractivity contribution is 7.92. The van der Waals surface area contributed by atoms with Gasteiger partial charge in [-0.25, -0.2) is 8.42 Å². The Hall–Kier alpha value is -0.290. The molecular weight excluding hydrogens is 317 g/mol. The average Bonchev–Trinajstić information content (AvgIpc) is 2.30. The fourth-order valence-corrected chi connectivity index (χ4v) is 6.16. The molecule has 1 aliphatic rings. The van der Waals surface area contributed by atoms with Gasteiger partial charge in [-0.1, -0.05) is 37.0 Å². The summed E-state index contributed by atoms with van der Waals surface area (Å²) >= 11 is 11.9. The van der Waals surface area contributed by atoms with E-state index in [-0.39, 0.29) is 21.9 Å². The zero-order chi connectivity index (χ0) is 15.1. The second-order valence-electron chi connectivity index (χ2n) is 5.80. The summed E-state index contributed by atoms with van der Waals surface area (Å²) in [5.74, 6) is 0.454. The Labute approximate surface area is 130 Å². The Kier molecular flexibility index (Phi) is 4.69. The van der Waals surface area contributed by atoms with E-state index < -0.39 is 15.1 Å². The lowest BCUT2D eigenvalue weighted by molar-refractivity contribution is 0.271. The lowest BCUT2D eigenvalue weighted by Gasteiger charge is -2.37. The standard InChI is InChI=1S/C14H19Cl2NO2S/c1-8-5-9(2)14(12(17)6-8)20(18,19)13-7-10(15)3-4-11(13)16/h3-4,7-9,12,14H,5-6,17H2,1-2H3. The van der Waals surface area contributed by atoms with Gasteiger partial charge >= 0.3 is 0 Å². The average molecular weight is 336 g/mol. The first-order chi connectivity index (χ1) is 9.23. The fraction of sp³-hybridized carbons (Fsp3) is 0.571. The zero-order valence-corrected chi connectivity index (χ0v) is 13.8. The third-order valence-electron chi connectivity index (χ3n) is 3.99. The number of benzene rings is 1. The van der Waals surface area contributed by atoms with Gasteiger partial charge in [0.1, 0.15) is 0 Å². The van der Waals surface area contributed by atoms with Crippen LogP contribution in [0.1, 0.15) is 26.7 Å². The van der Waals surface area contributed by atoms with Gasteiger partial charge in [0.05, 0.1) is 15.2 Å². The highest BCUT2D eigenvalue weighted by Gasteiger charge is 2.42. The molecule has 1 aromatic carbocycles. The van der Waals surface area contributed by atoms with Crippen molar-refractivity contribution in [3.05, 3.63) is 28.2 Å². The Balaban J connectivity index is 2.46. The first kappa shape index (κ1) is 16.1. The second kappa shape index (κ2) is 5.84. The molecule has 0 heterocycles. The third kappa shape index (κ3) is 2.98. The van der Waals surface area contributed by atoms with Crippen molar-refractivity contribution in [1.29, 1.82) is 0 Å². The summed E-state index contributed by atoms with van der Waals surface area (Å²) in [6, 6.07) is 4.14. The van der Waals surface area contributed by atoms with Crippen LogP contribution in [0.4, 0.5) is 0 Å². The summed E-state index contributed by atoms with van der Waals surface area (Å²) in [5.41, 5.74) is 6.12. The number of nitrogens with two attached hydrogens (primary N) is 1. The van der Waals surface area contributed by atoms with Crippen molar-refractivity contribution in [2.24, 2.45) is 17.6 Å². The molecule has 0 aliphatic heterocycles. The summed E-state index contributed by atoms with van der Waals surface area (Å²) in [6.45, 7) is 4.04. The third-order valence-corrected chi connectivity index (χ3v) is 7.15. The Bertz CT molecular complexity index is 591. The molecule has 0 spiro atoms. The lowest BCUT2D eigenvalue weighted by atomic mass is 9.80. The van der Waals surface area contributed by atoms with Crippen LogP contribution >= 0.6 is 23.2 Å². The summed E-state index contributed by atoms with van der Waals surface area (Å²) < 4.78 is 25.7. The van der Waals surface area contributed by atoms with E-state index in [1.54, 1.807) is 6.07 Å². The van der Waals surface area contributed by atoms with E-state index in [4.69, 9.17) is 28.9 Å². The monoisotopic (exact) mass is 335 g/mol. The van der Waals surface area contributed by atoms with Crippen LogP contribution in [0.15, 0.2) is 23.1 Å². The van der Waals surface area contributed by atoms with Gasteiger partial charge in [-0.3, -0.25) is 0 Å². The van der Waals surface area contributed by atoms with E-state index in [0.29, 0.717) is 17.4 Å². The molecule has 1 aromatic rings. The first-order valence-electron chi connectivity index (χ1n) is 6.68. The molecule has 0 radical (unpaired) electrons. The fourth-order valence-electron chi connectivity index (χ4n) is 3.26. The molecular formula is C14H19Cl2NO2S. The zero-order valence-electron chi connectivity index (χ0n) is 11.5. The van der Waals surface area contributed by atoms with Gasteiger partial charge in [0.25, 0.3) is 0 Å². The van der Waals surface area contributed by atoms with Crippen LogP contribution in [0, 0.1) is 11.8 Å². The lowest BCUT2D eigenvalue weighted by Crippen LogP contribution is -2.49. The molecule has 4 atom stereocenters. The molecule has 20 heavy (non-hydrogen) atoms. The van der Waals surface area contributed by atoms with E-state index in [1.165, 1.54) is 12.1 Å². The molecule has 1 saturated carbocycles. The maximum absolute atomic E-state index is 12.9. The molecule has 2 rings (SSSR count). The smallest absolute Gasteiger partial charge is 0.184 e. The molecule has 0 saturated heterocycles. The molecule has 0 amide bonds. The molecule has 2 N–H and O–H groups in total. The van der Waals surface area contributed by atoms with Gasteiger partial charge in [-0.05, 0) is 42.9 Å². The highest BCUT2D eigenvalue weighted by Crippen LogP contribution is 2.37. The number of halogens is 2. The van der Waals surface area contributed by atoms with Gasteiger partial charge in [0.15, 0.2) is 9.84 Å². The molecule has 3 nitrogen and oxygen atoms in total. The molecule has 1 fully saturated rings. The summed E-state index contributed by atoms with van der Waals surface area (Å²) in [4.78, 5) is 0.0912. The minimum absolute atomic E-state index is 0.00815. The van der Waals surface area contributed by atoms with Crippen molar-refractivity contribution in [2.75, 3.05) is 0 Å². The minimum atomic E-state index is -3.58. The summed E-state index contributed by atoms with van der Waals surface area (Å²) in [7, 11) is -3.58. The van der Waals surface area contributed by atoms with Crippen LogP contribution < -0.4 is 5.73 Å². The van der Waals surface area contributed by atoms with Crippen LogP contribution in [0.25, 0.3) is 0 Å². The Morgan fingerprint density at radius 2 is 1.85 bits per heavy atom. The molecule has 4 unspecified atom stereocenters. The van der Waals surface area contributed by atoms with E-state index in [1.807, 2.05) is 6.92 Å². The van der Waals surface area contributed by atoms with Gasteiger partial charge in [-0.2, -0.15) is 0 Å². The van der Waals surface area contributed by atoms with Gasteiger partial charge < -0.3 is 5.73 Å². The van der Waals surface area contributed by atoms with Crippen molar-refractivity contribution in [3.8, 4) is 0 Å². The Morgan fingerprint density at radius 1 is 1.20 bits per heavy atom. The predicted molar refractivity (Wildman–Crippen MR) is 83.0 cm³/mol. The maximum Gasteiger partial charge on any atom is 0.184 e. The summed E-state index contributed by atoms with van der Waals surface area (Å²) in [6.07, 6.45) is 1.57. The van der Waals surface area contributed by atoms with Crippen molar-refractivity contribution < 1.29 is 8.42 Å². The maximum atomic E-state index is 12.9. The quantitative estimate of drug-likeness (QED) is 0.899. The van der Waals surface area contributed by atoms with Crippen molar-refractivity contribution >= 4 is 33.0 Å². The van der Waals surface area contributed by atoms with E-state index in [9.17, 15) is 8.42 Å². The molecule has 1 aliphatic carbocycles. The molecule has 112 valence electrons. The summed E-state index contributed by atoms with van der Waals surface area (Å²) in [5, 5.41) is -0.0412. The van der Waals surface area contributed by atoms with E-state index in [2.05, 4.69) is 6.92 Å². The van der Waals surface area contributed by atoms with E-state index >= 15 is 0 Å². The van der Waals surface area contributed by atoms with Crippen molar-refractivity contribution in [3.63, 3.8) is 0 Å². The highest BCUT2D eigenvalue weighted by atomic mass is 35.5. The minimum Gasteiger partial charge on any atom is -0.326 e. The van der Waals surface area contributed by atoms with Crippen LogP contribution in [0.2, 0.25) is 10.0 Å². The van der Waals surface area contributed by atoms with Gasteiger partial charge in [0.2, 0.25) is 0 Å². The number of hydrogen-bond acceptors (Lipinski definition) is 3. The van der Waals surface area contributed by atoms with Crippen LogP contribution in [-0.2, 0) is 9.84 Å². The topological polar surface area (TPSA) is 60.2 Å². The van der Waals surface area contributed by atoms with Gasteiger partial charge in [-0.15, -0.1) is 0 Å². The van der Waals surface area contributed by atoms with Crippen LogP contribution in [0.5, 0.6) is 0 Å². The number of rotatable bonds is 2. The first-order valence-corrected chi connectivity index (χ1v) is 8.98. The number of sulfone groups is 1. The normalized spacial score (nSPS) is 31.2. The SMILES string of the molecule is CC1CC(C)C(S(=O)(=O)c2cc(Cl)ccc2Cl)C(N)C1. The molecule has 0 bridgehead atoms. The van der Waals surface area contributed by atoms with Crippen molar-refractivity contribution in [1.82, 2.24) is 0 Å². The Morgan fingerprint density at radius 3 is 2.45 bits per heavy atom. The van der Waals surface area contributed by atoms with Gasteiger partial charge in [0, 0.05) is 11.1 Å². The predicted octanol–water partition coefficient (Wildman–Crippen LogP) is 3.53. The van der Waals surface area contributed by atoms with Crippen LogP contribution in [-0.4, -0.2) is 19.7 Å². The molecule has 0 aromatic heterocycles. The second-order valence-corrected chi connectivity index (χ2v) is 8.72. The molecule has 6 heteroatoms. The largest absolute Gasteiger partial charge is 0.326 e. The van der Waals surface area contributed by atoms with Crippen LogP contribution in [0.3, 0.4) is 0 Å².